The molecule has 0 fully saturated rings. The quantitative estimate of drug-likeness (QED) is 0.280. The van der Waals surface area contributed by atoms with Gasteiger partial charge in [0.2, 0.25) is 5.88 Å². The van der Waals surface area contributed by atoms with Gasteiger partial charge in [0.15, 0.2) is 0 Å². The number of aromatic nitrogens is 2. The van der Waals surface area contributed by atoms with E-state index in [4.69, 9.17) is 16.3 Å². The number of amides is 1. The van der Waals surface area contributed by atoms with Gasteiger partial charge in [-0.05, 0) is 62.5 Å². The van der Waals surface area contributed by atoms with Crippen LogP contribution in [0, 0.1) is 6.92 Å². The van der Waals surface area contributed by atoms with Crippen LogP contribution in [0.1, 0.15) is 27.2 Å². The Morgan fingerprint density at radius 2 is 1.77 bits per heavy atom. The molecule has 0 spiro atoms. The number of hydrogen-bond acceptors (Lipinski definition) is 5. The number of nitrogens with one attached hydrogen (secondary N) is 1. The maximum atomic E-state index is 13.5. The normalized spacial score (nSPS) is 11.1. The third-order valence-corrected chi connectivity index (χ3v) is 6.03. The van der Waals surface area contributed by atoms with Crippen LogP contribution in [0.3, 0.4) is 0 Å². The Hall–Kier alpha value is -3.68. The van der Waals surface area contributed by atoms with Crippen molar-refractivity contribution >= 4 is 39.9 Å². The van der Waals surface area contributed by atoms with Crippen molar-refractivity contribution in [1.29, 1.82) is 0 Å². The molecule has 0 radical (unpaired) electrons. The van der Waals surface area contributed by atoms with Crippen LogP contribution in [0.2, 0.25) is 5.02 Å². The van der Waals surface area contributed by atoms with Gasteiger partial charge in [-0.3, -0.25) is 9.59 Å². The molecule has 7 nitrogen and oxygen atoms in total. The molecular weight excluding hydrogens is 464 g/mol. The van der Waals surface area contributed by atoms with Crippen LogP contribution in [0.15, 0.2) is 60.8 Å². The van der Waals surface area contributed by atoms with Crippen LogP contribution in [0.25, 0.3) is 10.9 Å². The lowest BCUT2D eigenvalue weighted by atomic mass is 10.0. The minimum absolute atomic E-state index is 0.347. The Bertz CT molecular complexity index is 1390. The number of carbonyl (C=O) groups is 2. The second-order valence-electron chi connectivity index (χ2n) is 8.63. The first-order chi connectivity index (χ1) is 16.8. The molecular formula is C27H27ClN4O3. The Morgan fingerprint density at radius 1 is 1.06 bits per heavy atom. The van der Waals surface area contributed by atoms with Crippen molar-refractivity contribution in [2.75, 3.05) is 26.5 Å². The zero-order valence-corrected chi connectivity index (χ0v) is 20.9. The summed E-state index contributed by atoms with van der Waals surface area (Å²) in [6, 6.07) is 16.8. The summed E-state index contributed by atoms with van der Waals surface area (Å²) in [5, 5.41) is 4.09. The summed E-state index contributed by atoms with van der Waals surface area (Å²) in [5.41, 5.74) is 4.55. The topological polar surface area (TPSA) is 76.5 Å². The first-order valence-corrected chi connectivity index (χ1v) is 11.5. The van der Waals surface area contributed by atoms with Crippen molar-refractivity contribution in [2.24, 2.45) is 0 Å². The van der Waals surface area contributed by atoms with Gasteiger partial charge in [-0.2, -0.15) is 0 Å². The minimum Gasteiger partial charge on any atom is -0.481 e. The Kier molecular flexibility index (Phi) is 7.19. The molecule has 1 N–H and O–H groups in total. The zero-order valence-electron chi connectivity index (χ0n) is 20.1. The largest absolute Gasteiger partial charge is 0.481 e. The molecule has 2 heterocycles. The number of pyridine rings is 1. The first-order valence-electron chi connectivity index (χ1n) is 11.1. The summed E-state index contributed by atoms with van der Waals surface area (Å²) < 4.78 is 7.17. The highest BCUT2D eigenvalue weighted by molar-refractivity contribution is 6.48. The fourth-order valence-corrected chi connectivity index (χ4v) is 4.28. The molecule has 0 bridgehead atoms. The molecule has 4 rings (SSSR count). The summed E-state index contributed by atoms with van der Waals surface area (Å²) in [7, 11) is 5.47. The van der Waals surface area contributed by atoms with Crippen molar-refractivity contribution in [3.05, 3.63) is 88.2 Å². The highest BCUT2D eigenvalue weighted by Crippen LogP contribution is 2.29. The molecule has 0 atom stereocenters. The van der Waals surface area contributed by atoms with Crippen LogP contribution in [0.5, 0.6) is 5.88 Å². The fourth-order valence-electron chi connectivity index (χ4n) is 4.16. The van der Waals surface area contributed by atoms with Crippen LogP contribution >= 0.6 is 11.6 Å². The third kappa shape index (κ3) is 5.37. The van der Waals surface area contributed by atoms with Gasteiger partial charge < -0.3 is 19.5 Å². The first kappa shape index (κ1) is 24.4. The molecule has 2 aromatic heterocycles. The lowest BCUT2D eigenvalue weighted by Crippen LogP contribution is -2.23. The molecule has 180 valence electrons. The summed E-state index contributed by atoms with van der Waals surface area (Å²) in [6.07, 6.45) is 1.51. The van der Waals surface area contributed by atoms with E-state index >= 15 is 0 Å². The number of ether oxygens (including phenoxy) is 1. The number of hydrogen-bond donors (Lipinski definition) is 1. The number of rotatable bonds is 8. The number of halogens is 1. The van der Waals surface area contributed by atoms with E-state index in [-0.39, 0.29) is 0 Å². The van der Waals surface area contributed by atoms with Crippen LogP contribution in [0.4, 0.5) is 5.69 Å². The van der Waals surface area contributed by atoms with E-state index in [2.05, 4.69) is 25.8 Å². The molecule has 0 saturated carbocycles. The second-order valence-corrected chi connectivity index (χ2v) is 9.07. The van der Waals surface area contributed by atoms with Crippen LogP contribution in [-0.2, 0) is 17.9 Å². The summed E-state index contributed by atoms with van der Waals surface area (Å²) in [5.74, 6) is -0.968. The lowest BCUT2D eigenvalue weighted by molar-refractivity contribution is -0.112. The van der Waals surface area contributed by atoms with E-state index < -0.39 is 11.7 Å². The van der Waals surface area contributed by atoms with Gasteiger partial charge in [0, 0.05) is 52.7 Å². The van der Waals surface area contributed by atoms with E-state index in [1.807, 2.05) is 57.4 Å². The molecule has 1 amide bonds. The summed E-state index contributed by atoms with van der Waals surface area (Å²) in [6.45, 7) is 3.13. The van der Waals surface area contributed by atoms with Gasteiger partial charge in [-0.1, -0.05) is 29.8 Å². The number of Topliss-reactive ketones (excluding diaryl/α,β-unsaturated/α-hetero) is 1. The summed E-state index contributed by atoms with van der Waals surface area (Å²) in [4.78, 5) is 32.6. The maximum Gasteiger partial charge on any atom is 0.296 e. The smallest absolute Gasteiger partial charge is 0.296 e. The van der Waals surface area contributed by atoms with E-state index in [0.29, 0.717) is 35.2 Å². The molecule has 0 saturated heterocycles. The predicted octanol–water partition coefficient (Wildman–Crippen LogP) is 4.94. The standard InChI is InChI=1S/C27H27ClN4O3/c1-17-25(26(33)27(34)30-21-11-12-29-24(14-21)35-4)22-13-19(15-31(2)3)7-10-23(22)32(17)16-18-5-8-20(28)9-6-18/h5-14H,15-16H2,1-4H3,(H,29,30,34). The van der Waals surface area contributed by atoms with Crippen molar-refractivity contribution in [3.8, 4) is 5.88 Å². The van der Waals surface area contributed by atoms with Gasteiger partial charge >= 0.3 is 0 Å². The number of nitrogens with zero attached hydrogens (tertiary/aromatic N) is 3. The lowest BCUT2D eigenvalue weighted by Gasteiger charge is -2.11. The van der Waals surface area contributed by atoms with E-state index in [0.717, 1.165) is 27.7 Å². The van der Waals surface area contributed by atoms with Crippen LogP contribution < -0.4 is 10.1 Å². The number of fused-ring (bicyclic) bond motifs is 1. The van der Waals surface area contributed by atoms with Gasteiger partial charge in [0.05, 0.1) is 12.7 Å². The average molecular weight is 491 g/mol. The Balaban J connectivity index is 1.76. The average Bonchev–Trinajstić information content (AvgIpc) is 3.10. The number of carbonyl (C=O) groups excluding carboxylic acids is 2. The fraction of sp³-hybridized carbons (Fsp3) is 0.222. The highest BCUT2D eigenvalue weighted by Gasteiger charge is 2.26. The van der Waals surface area contributed by atoms with Gasteiger partial charge in [-0.15, -0.1) is 0 Å². The SMILES string of the molecule is COc1cc(NC(=O)C(=O)c2c(C)n(Cc3ccc(Cl)cc3)c3ccc(CN(C)C)cc23)ccn1. The van der Waals surface area contributed by atoms with Crippen molar-refractivity contribution in [1.82, 2.24) is 14.5 Å². The van der Waals surface area contributed by atoms with E-state index in [9.17, 15) is 9.59 Å². The molecule has 4 aromatic rings. The van der Waals surface area contributed by atoms with Crippen LogP contribution in [-0.4, -0.2) is 47.3 Å². The second kappa shape index (κ2) is 10.3. The Morgan fingerprint density at radius 3 is 2.46 bits per heavy atom. The number of benzene rings is 2. The molecule has 2 aromatic carbocycles. The molecule has 0 unspecified atom stereocenters. The van der Waals surface area contributed by atoms with Gasteiger partial charge in [-0.25, -0.2) is 4.98 Å². The van der Waals surface area contributed by atoms with Crippen molar-refractivity contribution in [3.63, 3.8) is 0 Å². The molecule has 8 heteroatoms. The highest BCUT2D eigenvalue weighted by atomic mass is 35.5. The van der Waals surface area contributed by atoms with E-state index in [1.54, 1.807) is 12.1 Å². The predicted molar refractivity (Wildman–Crippen MR) is 138 cm³/mol. The zero-order chi connectivity index (χ0) is 25.1. The van der Waals surface area contributed by atoms with Gasteiger partial charge in [0.1, 0.15) is 0 Å². The molecule has 0 aliphatic heterocycles. The number of ketones is 1. The number of methoxy groups -OCH3 is 1. The van der Waals surface area contributed by atoms with Gasteiger partial charge in [0.25, 0.3) is 11.7 Å². The third-order valence-electron chi connectivity index (χ3n) is 5.78. The Labute approximate surface area is 209 Å². The molecule has 0 aliphatic rings. The number of anilines is 1. The molecule has 35 heavy (non-hydrogen) atoms. The molecule has 0 aliphatic carbocycles. The monoisotopic (exact) mass is 490 g/mol. The van der Waals surface area contributed by atoms with Crippen molar-refractivity contribution in [2.45, 2.75) is 20.0 Å². The summed E-state index contributed by atoms with van der Waals surface area (Å²) >= 11 is 6.05. The van der Waals surface area contributed by atoms with Crippen molar-refractivity contribution < 1.29 is 14.3 Å². The van der Waals surface area contributed by atoms with E-state index in [1.165, 1.54) is 13.3 Å². The minimum atomic E-state index is -0.718. The maximum absolute atomic E-state index is 13.5.